The summed E-state index contributed by atoms with van der Waals surface area (Å²) in [6, 6.07) is 19.6. The molecular formula is C25H21BrIN3O4S. The van der Waals surface area contributed by atoms with Crippen molar-refractivity contribution < 1.29 is 17.9 Å². The molecule has 3 aromatic carbocycles. The molecular weight excluding hydrogens is 645 g/mol. The summed E-state index contributed by atoms with van der Waals surface area (Å²) in [5.74, 6) is 2.27. The van der Waals surface area contributed by atoms with Gasteiger partial charge in [-0.1, -0.05) is 52.2 Å². The molecule has 0 aliphatic heterocycles. The molecule has 0 fully saturated rings. The Labute approximate surface area is 226 Å². The van der Waals surface area contributed by atoms with Gasteiger partial charge in [0.2, 0.25) is 10.0 Å². The summed E-state index contributed by atoms with van der Waals surface area (Å²) in [6.07, 6.45) is 6.80. The van der Waals surface area contributed by atoms with E-state index in [0.29, 0.717) is 11.3 Å². The first-order valence-corrected chi connectivity index (χ1v) is 13.6. The number of carbonyl (C=O) groups excluding carboxylic acids is 1. The fourth-order valence-corrected chi connectivity index (χ4v) is 4.95. The third-order valence-electron chi connectivity index (χ3n) is 4.68. The third-order valence-corrected chi connectivity index (χ3v) is 7.38. The Morgan fingerprint density at radius 1 is 1.14 bits per heavy atom. The largest absolute Gasteiger partial charge is 0.480 e. The molecule has 1 amide bonds. The molecule has 0 heterocycles. The quantitative estimate of drug-likeness (QED) is 0.148. The molecule has 0 radical (unpaired) electrons. The number of carbonyl (C=O) groups is 1. The molecule has 3 aromatic rings. The average molecular weight is 666 g/mol. The van der Waals surface area contributed by atoms with E-state index in [1.54, 1.807) is 30.3 Å². The summed E-state index contributed by atoms with van der Waals surface area (Å²) in [4.78, 5) is 13.1. The zero-order valence-corrected chi connectivity index (χ0v) is 22.9. The molecule has 2 N–H and O–H groups in total. The number of nitrogens with one attached hydrogen (secondary N) is 2. The number of rotatable bonds is 10. The number of hydrogen-bond acceptors (Lipinski definition) is 5. The minimum absolute atomic E-state index is 0.0664. The number of amides is 1. The van der Waals surface area contributed by atoms with Crippen molar-refractivity contribution in [1.82, 2.24) is 10.1 Å². The van der Waals surface area contributed by atoms with Crippen LogP contribution in [0.25, 0.3) is 0 Å². The Balaban J connectivity index is 1.80. The average Bonchev–Trinajstić information content (AvgIpc) is 2.84. The second-order valence-corrected chi connectivity index (χ2v) is 11.1. The van der Waals surface area contributed by atoms with Crippen molar-refractivity contribution in [3.63, 3.8) is 0 Å². The molecule has 7 nitrogen and oxygen atoms in total. The predicted molar refractivity (Wildman–Crippen MR) is 148 cm³/mol. The van der Waals surface area contributed by atoms with Crippen LogP contribution >= 0.6 is 38.5 Å². The van der Waals surface area contributed by atoms with E-state index in [2.05, 4.69) is 59.7 Å². The minimum atomic E-state index is -3.95. The number of ether oxygens (including phenoxy) is 1. The molecule has 35 heavy (non-hydrogen) atoms. The summed E-state index contributed by atoms with van der Waals surface area (Å²) >= 11 is 5.47. The lowest BCUT2D eigenvalue weighted by atomic mass is 10.1. The highest BCUT2D eigenvalue weighted by Crippen LogP contribution is 2.21. The Bertz CT molecular complexity index is 1340. The maximum Gasteiger partial charge on any atom is 0.258 e. The van der Waals surface area contributed by atoms with Gasteiger partial charge >= 0.3 is 0 Å². The minimum Gasteiger partial charge on any atom is -0.480 e. The molecule has 0 bridgehead atoms. The van der Waals surface area contributed by atoms with E-state index >= 15 is 0 Å². The molecule has 0 saturated carbocycles. The Hall–Kier alpha value is -2.72. The van der Waals surface area contributed by atoms with Crippen molar-refractivity contribution in [2.24, 2.45) is 5.10 Å². The van der Waals surface area contributed by atoms with E-state index in [9.17, 15) is 13.2 Å². The molecule has 10 heteroatoms. The van der Waals surface area contributed by atoms with Gasteiger partial charge in [-0.3, -0.25) is 4.79 Å². The summed E-state index contributed by atoms with van der Waals surface area (Å²) in [5, 5.41) is 4.02. The molecule has 0 aliphatic carbocycles. The normalized spacial score (nSPS) is 12.1. The van der Waals surface area contributed by atoms with Gasteiger partial charge in [0, 0.05) is 13.6 Å². The van der Waals surface area contributed by atoms with Gasteiger partial charge < -0.3 is 4.74 Å². The van der Waals surface area contributed by atoms with E-state index in [-0.39, 0.29) is 17.9 Å². The molecule has 3 rings (SSSR count). The van der Waals surface area contributed by atoms with Crippen molar-refractivity contribution in [1.29, 1.82) is 0 Å². The van der Waals surface area contributed by atoms with E-state index < -0.39 is 22.0 Å². The molecule has 0 aromatic heterocycles. The molecule has 0 spiro atoms. The number of sulfonamides is 1. The fraction of sp³-hybridized carbons (Fsp3) is 0.120. The van der Waals surface area contributed by atoms with Crippen molar-refractivity contribution in [3.05, 3.63) is 92.0 Å². The van der Waals surface area contributed by atoms with Crippen LogP contribution in [0, 0.1) is 15.9 Å². The standard InChI is InChI=1S/C25H21BrIN3O4S/c1-2-14-34-24-13-8-20(26)16-19(24)17-28-29-25(31)23(15-18-6-4-3-5-7-18)30-35(32,33)22-11-9-21(27)10-12-22/h1,3-13,16-17,23,30H,14-15H2,(H,29,31)/b28-17-/t23-/m1/s1. The van der Waals surface area contributed by atoms with Crippen LogP contribution < -0.4 is 14.9 Å². The summed E-state index contributed by atoms with van der Waals surface area (Å²) in [7, 11) is -3.95. The highest BCUT2D eigenvalue weighted by Gasteiger charge is 2.26. The van der Waals surface area contributed by atoms with Crippen LogP contribution in [0.15, 0.2) is 87.3 Å². The van der Waals surface area contributed by atoms with Crippen LogP contribution in [0.3, 0.4) is 0 Å². The Morgan fingerprint density at radius 3 is 2.54 bits per heavy atom. The zero-order chi connectivity index (χ0) is 25.3. The first-order chi connectivity index (χ1) is 16.8. The van der Waals surface area contributed by atoms with Crippen molar-refractivity contribution >= 4 is 60.7 Å². The summed E-state index contributed by atoms with van der Waals surface area (Å²) in [5.41, 5.74) is 3.80. The van der Waals surface area contributed by atoms with Gasteiger partial charge in [-0.25, -0.2) is 13.8 Å². The maximum absolute atomic E-state index is 13.0. The third kappa shape index (κ3) is 8.17. The van der Waals surface area contributed by atoms with Crippen LogP contribution in [0.5, 0.6) is 5.75 Å². The molecule has 1 atom stereocenters. The van der Waals surface area contributed by atoms with Crippen LogP contribution in [0.2, 0.25) is 0 Å². The fourth-order valence-electron chi connectivity index (χ4n) is 3.02. The van der Waals surface area contributed by atoms with Crippen LogP contribution in [0.4, 0.5) is 0 Å². The first kappa shape index (κ1) is 26.9. The first-order valence-electron chi connectivity index (χ1n) is 10.3. The van der Waals surface area contributed by atoms with Crippen LogP contribution in [-0.2, 0) is 21.2 Å². The monoisotopic (exact) mass is 665 g/mol. The van der Waals surface area contributed by atoms with Crippen molar-refractivity contribution in [2.45, 2.75) is 17.4 Å². The van der Waals surface area contributed by atoms with Gasteiger partial charge in [-0.15, -0.1) is 6.42 Å². The van der Waals surface area contributed by atoms with Crippen molar-refractivity contribution in [2.75, 3.05) is 6.61 Å². The summed E-state index contributed by atoms with van der Waals surface area (Å²) < 4.78 is 35.6. The van der Waals surface area contributed by atoms with Crippen LogP contribution in [0.1, 0.15) is 11.1 Å². The smallest absolute Gasteiger partial charge is 0.258 e. The second kappa shape index (κ2) is 12.8. The van der Waals surface area contributed by atoms with Crippen molar-refractivity contribution in [3.8, 4) is 18.1 Å². The lowest BCUT2D eigenvalue weighted by Crippen LogP contribution is -2.46. The van der Waals surface area contributed by atoms with Gasteiger partial charge in [0.15, 0.2) is 0 Å². The Kier molecular flexibility index (Phi) is 9.85. The number of terminal acetylenes is 1. The highest BCUT2D eigenvalue weighted by atomic mass is 127. The van der Waals surface area contributed by atoms with Gasteiger partial charge in [-0.2, -0.15) is 9.82 Å². The highest BCUT2D eigenvalue weighted by molar-refractivity contribution is 14.1. The van der Waals surface area contributed by atoms with Crippen LogP contribution in [-0.4, -0.2) is 33.2 Å². The zero-order valence-electron chi connectivity index (χ0n) is 18.3. The lowest BCUT2D eigenvalue weighted by molar-refractivity contribution is -0.122. The Morgan fingerprint density at radius 2 is 1.86 bits per heavy atom. The maximum atomic E-state index is 13.0. The topological polar surface area (TPSA) is 96.9 Å². The number of halogens is 2. The van der Waals surface area contributed by atoms with E-state index in [0.717, 1.165) is 13.6 Å². The molecule has 0 unspecified atom stereocenters. The second-order valence-electron chi connectivity index (χ2n) is 7.23. The molecule has 180 valence electrons. The predicted octanol–water partition coefficient (Wildman–Crippen LogP) is 4.11. The van der Waals surface area contributed by atoms with E-state index in [1.807, 2.05) is 30.3 Å². The van der Waals surface area contributed by atoms with Gasteiger partial charge in [0.05, 0.1) is 11.1 Å². The SMILES string of the molecule is C#CCOc1ccc(Br)cc1/C=N\NC(=O)[C@@H](Cc1ccccc1)NS(=O)(=O)c1ccc(I)cc1. The van der Waals surface area contributed by atoms with E-state index in [1.165, 1.54) is 18.3 Å². The lowest BCUT2D eigenvalue weighted by Gasteiger charge is -2.17. The van der Waals surface area contributed by atoms with Gasteiger partial charge in [-0.05, 0) is 77.0 Å². The number of nitrogens with zero attached hydrogens (tertiary/aromatic N) is 1. The number of hydrazone groups is 1. The van der Waals surface area contributed by atoms with Gasteiger partial charge in [0.1, 0.15) is 18.4 Å². The van der Waals surface area contributed by atoms with E-state index in [4.69, 9.17) is 11.2 Å². The molecule has 0 aliphatic rings. The summed E-state index contributed by atoms with van der Waals surface area (Å²) in [6.45, 7) is 0.0777. The molecule has 0 saturated heterocycles. The van der Waals surface area contributed by atoms with Gasteiger partial charge in [0.25, 0.3) is 5.91 Å². The number of benzene rings is 3. The number of hydrogen-bond donors (Lipinski definition) is 2.